The molecule has 0 aliphatic heterocycles. The summed E-state index contributed by atoms with van der Waals surface area (Å²) in [6.07, 6.45) is 3.38. The molecule has 0 saturated heterocycles. The van der Waals surface area contributed by atoms with Crippen LogP contribution in [0.4, 0.5) is 0 Å². The van der Waals surface area contributed by atoms with Crippen molar-refractivity contribution in [3.63, 3.8) is 0 Å². The smallest absolute Gasteiger partial charge is 0.244 e. The van der Waals surface area contributed by atoms with Gasteiger partial charge in [0.1, 0.15) is 4.90 Å². The number of unbranched alkanes of at least 4 members (excludes halogenated alkanes) is 3. The molecule has 0 aromatic carbocycles. The third kappa shape index (κ3) is 4.29. The van der Waals surface area contributed by atoms with Gasteiger partial charge >= 0.3 is 0 Å². The molecule has 0 bridgehead atoms. The fourth-order valence-electron chi connectivity index (χ4n) is 2.01. The van der Waals surface area contributed by atoms with Gasteiger partial charge in [0.2, 0.25) is 10.0 Å². The van der Waals surface area contributed by atoms with Crippen LogP contribution >= 0.6 is 0 Å². The summed E-state index contributed by atoms with van der Waals surface area (Å²) in [7, 11) is -1.74. The Morgan fingerprint density at radius 2 is 1.84 bits per heavy atom. The SMILES string of the molecule is Cc1nn(C)c(C)c1S(=O)(=O)NCCCCCCO. The zero-order valence-corrected chi connectivity index (χ0v) is 12.6. The zero-order chi connectivity index (χ0) is 14.5. The van der Waals surface area contributed by atoms with Crippen molar-refractivity contribution in [3.05, 3.63) is 11.4 Å². The topological polar surface area (TPSA) is 84.2 Å². The molecule has 7 heteroatoms. The minimum absolute atomic E-state index is 0.194. The first-order valence-electron chi connectivity index (χ1n) is 6.51. The molecule has 0 radical (unpaired) electrons. The summed E-state index contributed by atoms with van der Waals surface area (Å²) in [6, 6.07) is 0. The quantitative estimate of drug-likeness (QED) is 0.695. The number of aliphatic hydroxyl groups is 1. The van der Waals surface area contributed by atoms with Crippen molar-refractivity contribution in [2.45, 2.75) is 44.4 Å². The molecule has 0 amide bonds. The van der Waals surface area contributed by atoms with Gasteiger partial charge in [-0.15, -0.1) is 0 Å². The summed E-state index contributed by atoms with van der Waals surface area (Å²) in [6.45, 7) is 4.06. The van der Waals surface area contributed by atoms with E-state index in [-0.39, 0.29) is 11.5 Å². The van der Waals surface area contributed by atoms with Gasteiger partial charge in [-0.1, -0.05) is 12.8 Å². The molecule has 0 fully saturated rings. The first-order chi connectivity index (χ1) is 8.90. The lowest BCUT2D eigenvalue weighted by atomic mass is 10.2. The Morgan fingerprint density at radius 3 is 2.37 bits per heavy atom. The van der Waals surface area contributed by atoms with Gasteiger partial charge in [0.25, 0.3) is 0 Å². The molecular weight excluding hydrogens is 266 g/mol. The summed E-state index contributed by atoms with van der Waals surface area (Å²) in [5.74, 6) is 0. The highest BCUT2D eigenvalue weighted by Crippen LogP contribution is 2.18. The lowest BCUT2D eigenvalue weighted by molar-refractivity contribution is 0.282. The normalized spacial score (nSPS) is 12.0. The predicted molar refractivity (Wildman–Crippen MR) is 73.4 cm³/mol. The van der Waals surface area contributed by atoms with Crippen LogP contribution in [-0.2, 0) is 17.1 Å². The Kier molecular flexibility index (Phi) is 5.96. The Balaban J connectivity index is 2.57. The van der Waals surface area contributed by atoms with Crippen LogP contribution < -0.4 is 4.72 Å². The molecule has 1 aromatic heterocycles. The average Bonchev–Trinajstić information content (AvgIpc) is 2.58. The third-order valence-corrected chi connectivity index (χ3v) is 4.80. The number of nitrogens with one attached hydrogen (secondary N) is 1. The van der Waals surface area contributed by atoms with Gasteiger partial charge < -0.3 is 5.11 Å². The lowest BCUT2D eigenvalue weighted by Crippen LogP contribution is -2.25. The van der Waals surface area contributed by atoms with Crippen molar-refractivity contribution in [2.75, 3.05) is 13.2 Å². The van der Waals surface area contributed by atoms with Crippen molar-refractivity contribution in [2.24, 2.45) is 7.05 Å². The second-order valence-corrected chi connectivity index (χ2v) is 6.36. The Morgan fingerprint density at radius 1 is 1.21 bits per heavy atom. The summed E-state index contributed by atoms with van der Waals surface area (Å²) >= 11 is 0. The standard InChI is InChI=1S/C12H23N3O3S/c1-10-12(11(2)15(3)14-10)19(17,18)13-8-6-4-5-7-9-16/h13,16H,4-9H2,1-3H3. The molecule has 0 aliphatic carbocycles. The largest absolute Gasteiger partial charge is 0.396 e. The van der Waals surface area contributed by atoms with Crippen LogP contribution in [0.5, 0.6) is 0 Å². The number of hydrogen-bond acceptors (Lipinski definition) is 4. The van der Waals surface area contributed by atoms with E-state index in [1.807, 2.05) is 0 Å². The van der Waals surface area contributed by atoms with Gasteiger partial charge in [-0.05, 0) is 26.7 Å². The molecule has 1 heterocycles. The van der Waals surface area contributed by atoms with E-state index >= 15 is 0 Å². The zero-order valence-electron chi connectivity index (χ0n) is 11.8. The molecule has 1 rings (SSSR count). The van der Waals surface area contributed by atoms with E-state index in [0.29, 0.717) is 17.9 Å². The number of aromatic nitrogens is 2. The van der Waals surface area contributed by atoms with E-state index in [9.17, 15) is 8.42 Å². The highest BCUT2D eigenvalue weighted by Gasteiger charge is 2.22. The van der Waals surface area contributed by atoms with Crippen LogP contribution in [0.3, 0.4) is 0 Å². The van der Waals surface area contributed by atoms with Crippen LogP contribution in [0.2, 0.25) is 0 Å². The highest BCUT2D eigenvalue weighted by molar-refractivity contribution is 7.89. The van der Waals surface area contributed by atoms with Gasteiger partial charge in [-0.3, -0.25) is 4.68 Å². The number of rotatable bonds is 8. The number of aryl methyl sites for hydroxylation is 2. The van der Waals surface area contributed by atoms with Crippen molar-refractivity contribution >= 4 is 10.0 Å². The number of sulfonamides is 1. The minimum Gasteiger partial charge on any atom is -0.396 e. The van der Waals surface area contributed by atoms with E-state index in [0.717, 1.165) is 25.7 Å². The van der Waals surface area contributed by atoms with Gasteiger partial charge in [-0.25, -0.2) is 13.1 Å². The van der Waals surface area contributed by atoms with Crippen LogP contribution in [0, 0.1) is 13.8 Å². The molecule has 0 spiro atoms. The van der Waals surface area contributed by atoms with Gasteiger partial charge in [0.15, 0.2) is 0 Å². The highest BCUT2D eigenvalue weighted by atomic mass is 32.2. The van der Waals surface area contributed by atoms with E-state index in [2.05, 4.69) is 9.82 Å². The fraction of sp³-hybridized carbons (Fsp3) is 0.750. The maximum Gasteiger partial charge on any atom is 0.244 e. The first-order valence-corrected chi connectivity index (χ1v) is 7.99. The van der Waals surface area contributed by atoms with Crippen molar-refractivity contribution in [3.8, 4) is 0 Å². The molecule has 0 unspecified atom stereocenters. The van der Waals surface area contributed by atoms with E-state index < -0.39 is 10.0 Å². The van der Waals surface area contributed by atoms with Crippen LogP contribution in [0.1, 0.15) is 37.1 Å². The molecule has 0 atom stereocenters. The monoisotopic (exact) mass is 289 g/mol. The Hall–Kier alpha value is -0.920. The maximum absolute atomic E-state index is 12.2. The maximum atomic E-state index is 12.2. The Labute approximate surface area is 114 Å². The molecule has 19 heavy (non-hydrogen) atoms. The summed E-state index contributed by atoms with van der Waals surface area (Å²) in [4.78, 5) is 0.283. The Bertz CT molecular complexity index is 509. The molecule has 110 valence electrons. The third-order valence-electron chi connectivity index (χ3n) is 3.09. The van der Waals surface area contributed by atoms with E-state index in [4.69, 9.17) is 5.11 Å². The molecule has 0 aliphatic rings. The molecule has 6 nitrogen and oxygen atoms in total. The molecular formula is C12H23N3O3S. The second-order valence-electron chi connectivity index (χ2n) is 4.66. The summed E-state index contributed by atoms with van der Waals surface area (Å²) in [5.41, 5.74) is 1.16. The number of hydrogen-bond donors (Lipinski definition) is 2. The molecule has 0 saturated carbocycles. The first kappa shape index (κ1) is 16.1. The fourth-order valence-corrected chi connectivity index (χ4v) is 3.52. The molecule has 1 aromatic rings. The van der Waals surface area contributed by atoms with Crippen molar-refractivity contribution < 1.29 is 13.5 Å². The average molecular weight is 289 g/mol. The van der Waals surface area contributed by atoms with Crippen LogP contribution in [0.25, 0.3) is 0 Å². The lowest BCUT2D eigenvalue weighted by Gasteiger charge is -2.07. The minimum atomic E-state index is -3.48. The van der Waals surface area contributed by atoms with E-state index in [1.54, 1.807) is 25.6 Å². The van der Waals surface area contributed by atoms with E-state index in [1.165, 1.54) is 0 Å². The summed E-state index contributed by atoms with van der Waals surface area (Å²) in [5, 5.41) is 12.8. The van der Waals surface area contributed by atoms with Crippen LogP contribution in [0.15, 0.2) is 4.90 Å². The molecule has 2 N–H and O–H groups in total. The number of nitrogens with zero attached hydrogens (tertiary/aromatic N) is 2. The summed E-state index contributed by atoms with van der Waals surface area (Å²) < 4.78 is 28.5. The number of aliphatic hydroxyl groups excluding tert-OH is 1. The van der Waals surface area contributed by atoms with Gasteiger partial charge in [0.05, 0.1) is 11.4 Å². The van der Waals surface area contributed by atoms with Crippen LogP contribution in [-0.4, -0.2) is 36.5 Å². The second kappa shape index (κ2) is 7.02. The predicted octanol–water partition coefficient (Wildman–Crippen LogP) is 0.868. The van der Waals surface area contributed by atoms with Crippen molar-refractivity contribution in [1.82, 2.24) is 14.5 Å². The van der Waals surface area contributed by atoms with Crippen molar-refractivity contribution in [1.29, 1.82) is 0 Å². The van der Waals surface area contributed by atoms with Gasteiger partial charge in [-0.2, -0.15) is 5.10 Å². The van der Waals surface area contributed by atoms with Gasteiger partial charge in [0, 0.05) is 20.2 Å².